The molecule has 2 N–H and O–H groups in total. The van der Waals surface area contributed by atoms with E-state index >= 15 is 0 Å². The SMILES string of the molecule is COc1ccc2ccccc2c1Cn1ccnc1N. The number of rotatable bonds is 3. The van der Waals surface area contributed by atoms with Gasteiger partial charge >= 0.3 is 0 Å². The molecule has 0 spiro atoms. The van der Waals surface area contributed by atoms with Gasteiger partial charge in [-0.1, -0.05) is 30.3 Å². The number of hydrogen-bond donors (Lipinski definition) is 1. The molecule has 0 saturated heterocycles. The Balaban J connectivity index is 2.17. The van der Waals surface area contributed by atoms with Crippen molar-refractivity contribution in [3.05, 3.63) is 54.4 Å². The van der Waals surface area contributed by atoms with Crippen LogP contribution in [0.25, 0.3) is 10.8 Å². The van der Waals surface area contributed by atoms with Crippen LogP contribution in [0.2, 0.25) is 0 Å². The predicted molar refractivity (Wildman–Crippen MR) is 76.2 cm³/mol. The van der Waals surface area contributed by atoms with E-state index in [4.69, 9.17) is 10.5 Å². The molecule has 1 heterocycles. The van der Waals surface area contributed by atoms with Gasteiger partial charge in [-0.3, -0.25) is 0 Å². The van der Waals surface area contributed by atoms with Gasteiger partial charge in [0.2, 0.25) is 0 Å². The third-order valence-electron chi connectivity index (χ3n) is 3.29. The molecule has 19 heavy (non-hydrogen) atoms. The second-order valence-corrected chi connectivity index (χ2v) is 4.38. The van der Waals surface area contributed by atoms with Gasteiger partial charge in [-0.25, -0.2) is 4.98 Å². The van der Waals surface area contributed by atoms with Crippen molar-refractivity contribution in [2.24, 2.45) is 0 Å². The van der Waals surface area contributed by atoms with Gasteiger partial charge in [-0.15, -0.1) is 0 Å². The van der Waals surface area contributed by atoms with E-state index in [1.165, 1.54) is 10.8 Å². The lowest BCUT2D eigenvalue weighted by Crippen LogP contribution is -2.05. The van der Waals surface area contributed by atoms with E-state index in [1.807, 2.05) is 29.0 Å². The lowest BCUT2D eigenvalue weighted by molar-refractivity contribution is 0.409. The summed E-state index contributed by atoms with van der Waals surface area (Å²) < 4.78 is 7.37. The van der Waals surface area contributed by atoms with E-state index in [-0.39, 0.29) is 0 Å². The topological polar surface area (TPSA) is 53.1 Å². The highest BCUT2D eigenvalue weighted by atomic mass is 16.5. The van der Waals surface area contributed by atoms with Crippen LogP contribution in [0.3, 0.4) is 0 Å². The van der Waals surface area contributed by atoms with Crippen molar-refractivity contribution in [1.82, 2.24) is 9.55 Å². The predicted octanol–water partition coefficient (Wildman–Crippen LogP) is 2.68. The van der Waals surface area contributed by atoms with Crippen LogP contribution in [-0.2, 0) is 6.54 Å². The van der Waals surface area contributed by atoms with E-state index in [0.29, 0.717) is 12.5 Å². The molecular weight excluding hydrogens is 238 g/mol. The van der Waals surface area contributed by atoms with Gasteiger partial charge in [-0.2, -0.15) is 0 Å². The summed E-state index contributed by atoms with van der Waals surface area (Å²) in [5.41, 5.74) is 6.95. The zero-order valence-electron chi connectivity index (χ0n) is 10.7. The number of imidazole rings is 1. The molecular formula is C15H15N3O. The molecule has 96 valence electrons. The fourth-order valence-corrected chi connectivity index (χ4v) is 2.32. The average molecular weight is 253 g/mol. The van der Waals surface area contributed by atoms with Gasteiger partial charge in [-0.05, 0) is 16.8 Å². The first-order valence-electron chi connectivity index (χ1n) is 6.11. The highest BCUT2D eigenvalue weighted by Gasteiger charge is 2.10. The third kappa shape index (κ3) is 2.01. The summed E-state index contributed by atoms with van der Waals surface area (Å²) in [7, 11) is 1.69. The third-order valence-corrected chi connectivity index (χ3v) is 3.29. The van der Waals surface area contributed by atoms with Crippen LogP contribution >= 0.6 is 0 Å². The molecule has 3 aromatic rings. The molecule has 0 radical (unpaired) electrons. The van der Waals surface area contributed by atoms with Crippen LogP contribution in [0, 0.1) is 0 Å². The molecule has 4 heteroatoms. The van der Waals surface area contributed by atoms with E-state index < -0.39 is 0 Å². The fraction of sp³-hybridized carbons (Fsp3) is 0.133. The number of aromatic nitrogens is 2. The molecule has 0 atom stereocenters. The van der Waals surface area contributed by atoms with Crippen LogP contribution < -0.4 is 10.5 Å². The maximum absolute atomic E-state index is 5.84. The lowest BCUT2D eigenvalue weighted by Gasteiger charge is -2.13. The molecule has 0 aliphatic rings. The first-order chi connectivity index (χ1) is 9.29. The number of nitrogens with zero attached hydrogens (tertiary/aromatic N) is 2. The standard InChI is InChI=1S/C15H15N3O/c1-19-14-7-6-11-4-2-3-5-12(11)13(14)10-18-9-8-17-15(18)16/h2-9H,10H2,1H3,(H2,16,17). The highest BCUT2D eigenvalue weighted by molar-refractivity contribution is 5.87. The Morgan fingerprint density at radius 1 is 1.21 bits per heavy atom. The van der Waals surface area contributed by atoms with Gasteiger partial charge in [0.1, 0.15) is 5.75 Å². The molecule has 0 saturated carbocycles. The van der Waals surface area contributed by atoms with Crippen LogP contribution in [-0.4, -0.2) is 16.7 Å². The van der Waals surface area contributed by atoms with Crippen molar-refractivity contribution in [2.75, 3.05) is 12.8 Å². The van der Waals surface area contributed by atoms with Crippen LogP contribution in [0.5, 0.6) is 5.75 Å². The Kier molecular flexibility index (Phi) is 2.83. The Morgan fingerprint density at radius 3 is 2.79 bits per heavy atom. The zero-order chi connectivity index (χ0) is 13.2. The molecule has 1 aromatic heterocycles. The summed E-state index contributed by atoms with van der Waals surface area (Å²) in [6.07, 6.45) is 3.57. The Bertz CT molecular complexity index is 718. The van der Waals surface area contributed by atoms with Crippen molar-refractivity contribution < 1.29 is 4.74 Å². The smallest absolute Gasteiger partial charge is 0.200 e. The molecule has 4 nitrogen and oxygen atoms in total. The van der Waals surface area contributed by atoms with Gasteiger partial charge in [0.15, 0.2) is 5.95 Å². The van der Waals surface area contributed by atoms with E-state index in [2.05, 4.69) is 23.2 Å². The minimum Gasteiger partial charge on any atom is -0.496 e. The number of nitrogens with two attached hydrogens (primary N) is 1. The summed E-state index contributed by atoms with van der Waals surface area (Å²) in [6.45, 7) is 0.649. The largest absolute Gasteiger partial charge is 0.496 e. The minimum atomic E-state index is 0.509. The molecule has 0 unspecified atom stereocenters. The van der Waals surface area contributed by atoms with Gasteiger partial charge in [0, 0.05) is 18.0 Å². The first-order valence-corrected chi connectivity index (χ1v) is 6.11. The number of hydrogen-bond acceptors (Lipinski definition) is 3. The summed E-state index contributed by atoms with van der Waals surface area (Å²) in [5.74, 6) is 1.38. The summed E-state index contributed by atoms with van der Waals surface area (Å²) >= 11 is 0. The van der Waals surface area contributed by atoms with Crippen LogP contribution in [0.4, 0.5) is 5.95 Å². The molecule has 0 aliphatic carbocycles. The number of benzene rings is 2. The molecule has 3 rings (SSSR count). The monoisotopic (exact) mass is 253 g/mol. The molecule has 0 aliphatic heterocycles. The Labute approximate surface area is 111 Å². The zero-order valence-corrected chi connectivity index (χ0v) is 10.7. The number of ether oxygens (including phenoxy) is 1. The van der Waals surface area contributed by atoms with Crippen molar-refractivity contribution in [3.8, 4) is 5.75 Å². The number of anilines is 1. The van der Waals surface area contributed by atoms with Crippen molar-refractivity contribution >= 4 is 16.7 Å². The Hall–Kier alpha value is -2.49. The summed E-state index contributed by atoms with van der Waals surface area (Å²) in [5, 5.41) is 2.37. The summed E-state index contributed by atoms with van der Waals surface area (Å²) in [6, 6.07) is 12.3. The lowest BCUT2D eigenvalue weighted by atomic mass is 10.0. The average Bonchev–Trinajstić information content (AvgIpc) is 2.85. The number of fused-ring (bicyclic) bond motifs is 1. The molecule has 0 fully saturated rings. The van der Waals surface area contributed by atoms with Crippen molar-refractivity contribution in [1.29, 1.82) is 0 Å². The number of methoxy groups -OCH3 is 1. The van der Waals surface area contributed by atoms with E-state index in [1.54, 1.807) is 13.3 Å². The van der Waals surface area contributed by atoms with Crippen LogP contribution in [0.15, 0.2) is 48.8 Å². The van der Waals surface area contributed by atoms with Gasteiger partial charge < -0.3 is 15.0 Å². The van der Waals surface area contributed by atoms with Crippen molar-refractivity contribution in [3.63, 3.8) is 0 Å². The van der Waals surface area contributed by atoms with E-state index in [9.17, 15) is 0 Å². The maximum atomic E-state index is 5.84. The number of nitrogen functional groups attached to an aromatic ring is 1. The second-order valence-electron chi connectivity index (χ2n) is 4.38. The quantitative estimate of drug-likeness (QED) is 0.780. The molecule has 0 bridgehead atoms. The van der Waals surface area contributed by atoms with Crippen LogP contribution in [0.1, 0.15) is 5.56 Å². The first kappa shape index (κ1) is 11.6. The minimum absolute atomic E-state index is 0.509. The van der Waals surface area contributed by atoms with Gasteiger partial charge in [0.25, 0.3) is 0 Å². The highest BCUT2D eigenvalue weighted by Crippen LogP contribution is 2.29. The van der Waals surface area contributed by atoms with Crippen molar-refractivity contribution in [2.45, 2.75) is 6.54 Å². The van der Waals surface area contributed by atoms with E-state index in [0.717, 1.165) is 11.3 Å². The fourth-order valence-electron chi connectivity index (χ4n) is 2.32. The Morgan fingerprint density at radius 2 is 2.05 bits per heavy atom. The molecule has 0 amide bonds. The second kappa shape index (κ2) is 4.65. The normalized spacial score (nSPS) is 10.8. The van der Waals surface area contributed by atoms with Gasteiger partial charge in [0.05, 0.1) is 13.7 Å². The molecule has 2 aromatic carbocycles. The summed E-state index contributed by atoms with van der Waals surface area (Å²) in [4.78, 5) is 4.05. The maximum Gasteiger partial charge on any atom is 0.200 e.